The van der Waals surface area contributed by atoms with Gasteiger partial charge in [0, 0.05) is 26.3 Å². The normalized spacial score (nSPS) is 29.4. The van der Waals surface area contributed by atoms with E-state index in [1.807, 2.05) is 18.1 Å². The van der Waals surface area contributed by atoms with Crippen LogP contribution in [0.15, 0.2) is 12.4 Å². The van der Waals surface area contributed by atoms with Gasteiger partial charge < -0.3 is 9.80 Å². The van der Waals surface area contributed by atoms with Crippen LogP contribution in [-0.4, -0.2) is 47.3 Å². The van der Waals surface area contributed by atoms with Crippen molar-refractivity contribution < 1.29 is 4.79 Å². The van der Waals surface area contributed by atoms with E-state index in [1.54, 1.807) is 10.9 Å². The SMILES string of the molecule is CN1CCC[C@@]2(CCN(c3cnn(C)c3)C2=O)C1. The monoisotopic (exact) mass is 248 g/mol. The van der Waals surface area contributed by atoms with Crippen LogP contribution < -0.4 is 4.90 Å². The third-order valence-electron chi connectivity index (χ3n) is 4.28. The zero-order chi connectivity index (χ0) is 12.8. The lowest BCUT2D eigenvalue weighted by Crippen LogP contribution is -2.46. The summed E-state index contributed by atoms with van der Waals surface area (Å²) in [6.07, 6.45) is 6.84. The number of aromatic nitrogens is 2. The first-order valence-corrected chi connectivity index (χ1v) is 6.60. The van der Waals surface area contributed by atoms with Gasteiger partial charge in [0.15, 0.2) is 0 Å². The number of hydrogen-bond donors (Lipinski definition) is 0. The van der Waals surface area contributed by atoms with Gasteiger partial charge in [-0.25, -0.2) is 0 Å². The van der Waals surface area contributed by atoms with E-state index in [9.17, 15) is 4.79 Å². The Balaban J connectivity index is 1.84. The number of anilines is 1. The van der Waals surface area contributed by atoms with Crippen LogP contribution in [0.2, 0.25) is 0 Å². The molecule has 3 rings (SSSR count). The summed E-state index contributed by atoms with van der Waals surface area (Å²) in [4.78, 5) is 16.9. The summed E-state index contributed by atoms with van der Waals surface area (Å²) in [5.41, 5.74) is 0.802. The lowest BCUT2D eigenvalue weighted by atomic mass is 9.78. The average Bonchev–Trinajstić information content (AvgIpc) is 2.86. The predicted molar refractivity (Wildman–Crippen MR) is 69.3 cm³/mol. The Bertz CT molecular complexity index is 469. The van der Waals surface area contributed by atoms with Crippen molar-refractivity contribution in [3.05, 3.63) is 12.4 Å². The quantitative estimate of drug-likeness (QED) is 0.740. The van der Waals surface area contributed by atoms with Crippen LogP contribution in [0, 0.1) is 5.41 Å². The van der Waals surface area contributed by atoms with Gasteiger partial charge in [-0.15, -0.1) is 0 Å². The van der Waals surface area contributed by atoms with Gasteiger partial charge >= 0.3 is 0 Å². The van der Waals surface area contributed by atoms with E-state index in [1.165, 1.54) is 0 Å². The van der Waals surface area contributed by atoms with Crippen LogP contribution in [0.5, 0.6) is 0 Å². The van der Waals surface area contributed by atoms with Crippen molar-refractivity contribution in [2.45, 2.75) is 19.3 Å². The van der Waals surface area contributed by atoms with Crippen LogP contribution in [0.4, 0.5) is 5.69 Å². The molecule has 0 saturated carbocycles. The van der Waals surface area contributed by atoms with E-state index in [-0.39, 0.29) is 5.41 Å². The highest BCUT2D eigenvalue weighted by molar-refractivity contribution is 5.99. The number of carbonyl (C=O) groups excluding carboxylic acids is 1. The average molecular weight is 248 g/mol. The van der Waals surface area contributed by atoms with Crippen molar-refractivity contribution in [1.29, 1.82) is 0 Å². The molecule has 1 atom stereocenters. The van der Waals surface area contributed by atoms with Gasteiger partial charge in [0.25, 0.3) is 0 Å². The first-order chi connectivity index (χ1) is 8.61. The minimum absolute atomic E-state index is 0.136. The second-order valence-corrected chi connectivity index (χ2v) is 5.70. The molecule has 5 nitrogen and oxygen atoms in total. The fraction of sp³-hybridized carbons (Fsp3) is 0.692. The molecule has 0 unspecified atom stereocenters. The van der Waals surface area contributed by atoms with E-state index in [2.05, 4.69) is 17.0 Å². The minimum atomic E-state index is -0.136. The molecule has 0 aliphatic carbocycles. The van der Waals surface area contributed by atoms with Gasteiger partial charge in [-0.1, -0.05) is 0 Å². The molecule has 1 aromatic rings. The summed E-state index contributed by atoms with van der Waals surface area (Å²) in [6, 6.07) is 0. The van der Waals surface area contributed by atoms with E-state index < -0.39 is 0 Å². The van der Waals surface area contributed by atoms with Crippen LogP contribution in [0.25, 0.3) is 0 Å². The molecular weight excluding hydrogens is 228 g/mol. The summed E-state index contributed by atoms with van der Waals surface area (Å²) in [7, 11) is 4.00. The zero-order valence-corrected chi connectivity index (χ0v) is 11.1. The molecule has 5 heteroatoms. The molecule has 18 heavy (non-hydrogen) atoms. The molecule has 2 fully saturated rings. The zero-order valence-electron chi connectivity index (χ0n) is 11.1. The molecule has 0 aromatic carbocycles. The number of rotatable bonds is 1. The summed E-state index contributed by atoms with van der Waals surface area (Å²) in [5.74, 6) is 0.294. The second-order valence-electron chi connectivity index (χ2n) is 5.70. The molecule has 0 bridgehead atoms. The number of piperidine rings is 1. The fourth-order valence-electron chi connectivity index (χ4n) is 3.36. The highest BCUT2D eigenvalue weighted by Crippen LogP contribution is 2.41. The molecule has 3 heterocycles. The van der Waals surface area contributed by atoms with Gasteiger partial charge in [-0.2, -0.15) is 5.10 Å². The lowest BCUT2D eigenvalue weighted by Gasteiger charge is -2.36. The molecule has 1 amide bonds. The van der Waals surface area contributed by atoms with Gasteiger partial charge in [-0.05, 0) is 32.9 Å². The van der Waals surface area contributed by atoms with E-state index in [0.29, 0.717) is 5.91 Å². The number of carbonyl (C=O) groups is 1. The van der Waals surface area contributed by atoms with Crippen LogP contribution >= 0.6 is 0 Å². The maximum absolute atomic E-state index is 12.7. The third kappa shape index (κ3) is 1.73. The Morgan fingerprint density at radius 1 is 1.28 bits per heavy atom. The molecular formula is C13H20N4O. The fourth-order valence-corrected chi connectivity index (χ4v) is 3.36. The maximum atomic E-state index is 12.7. The third-order valence-corrected chi connectivity index (χ3v) is 4.28. The highest BCUT2D eigenvalue weighted by atomic mass is 16.2. The van der Waals surface area contributed by atoms with Crippen molar-refractivity contribution in [2.24, 2.45) is 12.5 Å². The van der Waals surface area contributed by atoms with E-state index in [4.69, 9.17) is 0 Å². The Labute approximate surface area is 107 Å². The number of nitrogens with zero attached hydrogens (tertiary/aromatic N) is 4. The number of amides is 1. The van der Waals surface area contributed by atoms with Gasteiger partial charge in [0.2, 0.25) is 5.91 Å². The van der Waals surface area contributed by atoms with Crippen LogP contribution in [0.3, 0.4) is 0 Å². The number of hydrogen-bond acceptors (Lipinski definition) is 3. The van der Waals surface area contributed by atoms with Crippen LogP contribution in [-0.2, 0) is 11.8 Å². The Morgan fingerprint density at radius 3 is 2.78 bits per heavy atom. The van der Waals surface area contributed by atoms with Crippen molar-refractivity contribution >= 4 is 11.6 Å². The first-order valence-electron chi connectivity index (χ1n) is 6.60. The summed E-state index contributed by atoms with van der Waals surface area (Å²) in [6.45, 7) is 2.85. The molecule has 1 aromatic heterocycles. The minimum Gasteiger partial charge on any atom is -0.309 e. The Hall–Kier alpha value is -1.36. The summed E-state index contributed by atoms with van der Waals surface area (Å²) >= 11 is 0. The maximum Gasteiger partial charge on any atom is 0.234 e. The molecule has 0 N–H and O–H groups in total. The largest absolute Gasteiger partial charge is 0.309 e. The highest BCUT2D eigenvalue weighted by Gasteiger charge is 2.48. The van der Waals surface area contributed by atoms with Gasteiger partial charge in [0.1, 0.15) is 0 Å². The van der Waals surface area contributed by atoms with E-state index in [0.717, 1.165) is 44.6 Å². The molecule has 1 spiro atoms. The van der Waals surface area contributed by atoms with E-state index >= 15 is 0 Å². The van der Waals surface area contributed by atoms with Crippen molar-refractivity contribution in [3.63, 3.8) is 0 Å². The number of likely N-dealkylation sites (tertiary alicyclic amines) is 1. The summed E-state index contributed by atoms with van der Waals surface area (Å²) < 4.78 is 1.75. The number of aryl methyl sites for hydroxylation is 1. The predicted octanol–water partition coefficient (Wildman–Crippen LogP) is 0.869. The molecule has 2 aliphatic heterocycles. The lowest BCUT2D eigenvalue weighted by molar-refractivity contribution is -0.128. The van der Waals surface area contributed by atoms with Gasteiger partial charge in [-0.3, -0.25) is 9.48 Å². The topological polar surface area (TPSA) is 41.4 Å². The van der Waals surface area contributed by atoms with Crippen molar-refractivity contribution in [3.8, 4) is 0 Å². The Kier molecular flexibility index (Phi) is 2.66. The van der Waals surface area contributed by atoms with Crippen LogP contribution in [0.1, 0.15) is 19.3 Å². The standard InChI is InChI=1S/C13H20N4O/c1-15-6-3-4-13(10-15)5-7-17(12(13)18)11-8-14-16(2)9-11/h8-9H,3-7,10H2,1-2H3/t13-/m1/s1. The first kappa shape index (κ1) is 11.7. The molecule has 2 aliphatic rings. The Morgan fingerprint density at radius 2 is 2.11 bits per heavy atom. The molecule has 98 valence electrons. The van der Waals surface area contributed by atoms with Crippen molar-refractivity contribution in [1.82, 2.24) is 14.7 Å². The van der Waals surface area contributed by atoms with Crippen molar-refractivity contribution in [2.75, 3.05) is 31.6 Å². The smallest absolute Gasteiger partial charge is 0.234 e. The summed E-state index contributed by atoms with van der Waals surface area (Å²) in [5, 5.41) is 4.16. The van der Waals surface area contributed by atoms with Gasteiger partial charge in [0.05, 0.1) is 17.3 Å². The molecule has 0 radical (unpaired) electrons. The second kappa shape index (κ2) is 4.09. The molecule has 2 saturated heterocycles.